The lowest BCUT2D eigenvalue weighted by molar-refractivity contribution is -0.109. The van der Waals surface area contributed by atoms with Crippen molar-refractivity contribution in [2.45, 2.75) is 25.5 Å². The third-order valence-electron chi connectivity index (χ3n) is 1.73. The molecule has 0 fully saturated rings. The minimum atomic E-state index is 0.198. The molecule has 1 aromatic rings. The van der Waals surface area contributed by atoms with Gasteiger partial charge in [0.1, 0.15) is 0 Å². The number of hydrogen-bond donors (Lipinski definition) is 0. The number of benzene rings is 1. The predicted octanol–water partition coefficient (Wildman–Crippen LogP) is 2.90. The molecule has 0 amide bonds. The highest BCUT2D eigenvalue weighted by Crippen LogP contribution is 2.16. The van der Waals surface area contributed by atoms with Gasteiger partial charge in [-0.05, 0) is 12.0 Å². The highest BCUT2D eigenvalue weighted by Gasteiger charge is 2.06. The highest BCUT2D eigenvalue weighted by atomic mass is 32.2. The van der Waals surface area contributed by atoms with Crippen LogP contribution in [-0.4, -0.2) is 10.4 Å². The molecular weight excluding hydrogens is 180 g/mol. The van der Waals surface area contributed by atoms with Crippen LogP contribution >= 0.6 is 11.8 Å². The molecule has 0 aliphatic rings. The highest BCUT2D eigenvalue weighted by molar-refractivity contribution is 8.14. The fourth-order valence-corrected chi connectivity index (χ4v) is 2.11. The largest absolute Gasteiger partial charge is 0.288 e. The second-order valence-corrected chi connectivity index (χ2v) is 4.73. The van der Waals surface area contributed by atoms with E-state index in [4.69, 9.17) is 0 Å². The van der Waals surface area contributed by atoms with E-state index in [1.807, 2.05) is 18.2 Å². The van der Waals surface area contributed by atoms with E-state index in [2.05, 4.69) is 19.1 Å². The molecule has 1 nitrogen and oxygen atoms in total. The summed E-state index contributed by atoms with van der Waals surface area (Å²) in [5, 5.41) is 0.573. The fourth-order valence-electron chi connectivity index (χ4n) is 1.27. The zero-order valence-corrected chi connectivity index (χ0v) is 8.80. The second kappa shape index (κ2) is 5.07. The van der Waals surface area contributed by atoms with Crippen LogP contribution in [-0.2, 0) is 11.2 Å². The summed E-state index contributed by atoms with van der Waals surface area (Å²) in [4.78, 5) is 10.8. The van der Waals surface area contributed by atoms with Crippen LogP contribution < -0.4 is 0 Å². The number of rotatable bonds is 3. The Morgan fingerprint density at radius 3 is 2.54 bits per heavy atom. The molecule has 1 rings (SSSR count). The topological polar surface area (TPSA) is 17.1 Å². The predicted molar refractivity (Wildman–Crippen MR) is 57.9 cm³/mol. The Bertz CT molecular complexity index is 269. The van der Waals surface area contributed by atoms with Crippen molar-refractivity contribution >= 4 is 16.9 Å². The number of carbonyl (C=O) groups excluding carboxylic acids is 1. The van der Waals surface area contributed by atoms with Crippen LogP contribution in [0.15, 0.2) is 30.3 Å². The van der Waals surface area contributed by atoms with Gasteiger partial charge >= 0.3 is 0 Å². The van der Waals surface area contributed by atoms with Crippen LogP contribution in [0, 0.1) is 0 Å². The first kappa shape index (κ1) is 10.3. The van der Waals surface area contributed by atoms with Crippen LogP contribution in [0.3, 0.4) is 0 Å². The van der Waals surface area contributed by atoms with Crippen molar-refractivity contribution in [3.63, 3.8) is 0 Å². The molecule has 70 valence electrons. The van der Waals surface area contributed by atoms with E-state index in [1.165, 1.54) is 17.3 Å². The Morgan fingerprint density at radius 2 is 2.00 bits per heavy atom. The lowest BCUT2D eigenvalue weighted by Crippen LogP contribution is -2.03. The van der Waals surface area contributed by atoms with Crippen LogP contribution in [0.5, 0.6) is 0 Å². The maximum absolute atomic E-state index is 10.8. The third kappa shape index (κ3) is 4.13. The first-order chi connectivity index (χ1) is 6.18. The van der Waals surface area contributed by atoms with E-state index in [0.29, 0.717) is 5.25 Å². The summed E-state index contributed by atoms with van der Waals surface area (Å²) < 4.78 is 0. The first-order valence-corrected chi connectivity index (χ1v) is 5.27. The Balaban J connectivity index is 2.45. The van der Waals surface area contributed by atoms with Gasteiger partial charge in [-0.25, -0.2) is 0 Å². The molecule has 1 atom stereocenters. The normalized spacial score (nSPS) is 12.5. The smallest absolute Gasteiger partial charge is 0.186 e. The Kier molecular flexibility index (Phi) is 4.03. The molecule has 2 heteroatoms. The molecule has 0 N–H and O–H groups in total. The summed E-state index contributed by atoms with van der Waals surface area (Å²) in [6.45, 7) is 3.70. The van der Waals surface area contributed by atoms with Crippen LogP contribution in [0.2, 0.25) is 0 Å². The van der Waals surface area contributed by atoms with Crippen molar-refractivity contribution in [2.75, 3.05) is 0 Å². The molecular formula is C11H14OS. The maximum atomic E-state index is 10.8. The fraction of sp³-hybridized carbons (Fsp3) is 0.364. The van der Waals surface area contributed by atoms with Gasteiger partial charge in [-0.2, -0.15) is 0 Å². The molecule has 0 saturated carbocycles. The molecule has 0 aliphatic heterocycles. The maximum Gasteiger partial charge on any atom is 0.186 e. The molecule has 0 radical (unpaired) electrons. The minimum absolute atomic E-state index is 0.198. The molecule has 0 aromatic heterocycles. The van der Waals surface area contributed by atoms with E-state index in [0.717, 1.165) is 6.42 Å². The van der Waals surface area contributed by atoms with Crippen molar-refractivity contribution in [2.24, 2.45) is 0 Å². The van der Waals surface area contributed by atoms with Gasteiger partial charge in [0.2, 0.25) is 0 Å². The summed E-state index contributed by atoms with van der Waals surface area (Å²) in [6, 6.07) is 10.3. The van der Waals surface area contributed by atoms with E-state index in [1.54, 1.807) is 6.92 Å². The Labute approximate surface area is 83.5 Å². The molecule has 0 bridgehead atoms. The van der Waals surface area contributed by atoms with Gasteiger partial charge in [0.25, 0.3) is 0 Å². The summed E-state index contributed by atoms with van der Waals surface area (Å²) >= 11 is 1.41. The molecule has 0 aliphatic carbocycles. The molecule has 0 saturated heterocycles. The van der Waals surface area contributed by atoms with Gasteiger partial charge in [0.05, 0.1) is 0 Å². The van der Waals surface area contributed by atoms with Crippen molar-refractivity contribution in [3.8, 4) is 0 Å². The van der Waals surface area contributed by atoms with Crippen LogP contribution in [0.1, 0.15) is 19.4 Å². The van der Waals surface area contributed by atoms with Gasteiger partial charge in [0.15, 0.2) is 5.12 Å². The second-order valence-electron chi connectivity index (χ2n) is 3.11. The average Bonchev–Trinajstić information content (AvgIpc) is 2.04. The standard InChI is InChI=1S/C11H14OS/c1-9(13-10(2)12)8-11-6-4-3-5-7-11/h3-7,9H,8H2,1-2H3. The van der Waals surface area contributed by atoms with Gasteiger partial charge in [0, 0.05) is 12.2 Å². The zero-order chi connectivity index (χ0) is 9.68. The minimum Gasteiger partial charge on any atom is -0.288 e. The van der Waals surface area contributed by atoms with E-state index >= 15 is 0 Å². The van der Waals surface area contributed by atoms with Crippen LogP contribution in [0.25, 0.3) is 0 Å². The van der Waals surface area contributed by atoms with Crippen molar-refractivity contribution < 1.29 is 4.79 Å². The van der Waals surface area contributed by atoms with E-state index < -0.39 is 0 Å². The number of thioether (sulfide) groups is 1. The molecule has 0 spiro atoms. The Hall–Kier alpha value is -0.760. The molecule has 13 heavy (non-hydrogen) atoms. The SMILES string of the molecule is CC(=O)SC(C)Cc1ccccc1. The lowest BCUT2D eigenvalue weighted by Gasteiger charge is -2.07. The van der Waals surface area contributed by atoms with Gasteiger partial charge in [-0.3, -0.25) is 4.79 Å². The summed E-state index contributed by atoms with van der Waals surface area (Å²) in [5.74, 6) is 0. The van der Waals surface area contributed by atoms with Crippen molar-refractivity contribution in [1.29, 1.82) is 0 Å². The Morgan fingerprint density at radius 1 is 1.38 bits per heavy atom. The third-order valence-corrected chi connectivity index (χ3v) is 2.63. The average molecular weight is 194 g/mol. The first-order valence-electron chi connectivity index (χ1n) is 4.39. The van der Waals surface area contributed by atoms with E-state index in [9.17, 15) is 4.79 Å². The van der Waals surface area contributed by atoms with Gasteiger partial charge in [-0.1, -0.05) is 49.0 Å². The van der Waals surface area contributed by atoms with Crippen LogP contribution in [0.4, 0.5) is 0 Å². The number of hydrogen-bond acceptors (Lipinski definition) is 2. The quantitative estimate of drug-likeness (QED) is 0.736. The summed E-state index contributed by atoms with van der Waals surface area (Å²) in [6.07, 6.45) is 0.963. The molecule has 1 aromatic carbocycles. The van der Waals surface area contributed by atoms with Gasteiger partial charge < -0.3 is 0 Å². The zero-order valence-electron chi connectivity index (χ0n) is 7.99. The van der Waals surface area contributed by atoms with Crippen molar-refractivity contribution in [3.05, 3.63) is 35.9 Å². The van der Waals surface area contributed by atoms with Gasteiger partial charge in [-0.15, -0.1) is 0 Å². The van der Waals surface area contributed by atoms with E-state index in [-0.39, 0.29) is 5.12 Å². The number of carbonyl (C=O) groups is 1. The summed E-state index contributed by atoms with van der Waals surface area (Å²) in [7, 11) is 0. The summed E-state index contributed by atoms with van der Waals surface area (Å²) in [5.41, 5.74) is 1.30. The monoisotopic (exact) mass is 194 g/mol. The molecule has 0 heterocycles. The van der Waals surface area contributed by atoms with Crippen molar-refractivity contribution in [1.82, 2.24) is 0 Å². The molecule has 1 unspecified atom stereocenters. The lowest BCUT2D eigenvalue weighted by atomic mass is 10.1.